The van der Waals surface area contributed by atoms with Gasteiger partial charge in [-0.05, 0) is 32.6 Å². The van der Waals surface area contributed by atoms with Crippen LogP contribution in [-0.2, 0) is 9.59 Å². The molecule has 2 aliphatic rings. The van der Waals surface area contributed by atoms with Crippen molar-refractivity contribution < 1.29 is 14.7 Å². The highest BCUT2D eigenvalue weighted by molar-refractivity contribution is 6.22. The van der Waals surface area contributed by atoms with Gasteiger partial charge in [0, 0.05) is 11.8 Å². The van der Waals surface area contributed by atoms with E-state index < -0.39 is 16.9 Å². The number of Topliss-reactive ketones (excluding diaryl/α,β-unsaturated/α-hetero) is 2. The lowest BCUT2D eigenvalue weighted by Gasteiger charge is -2.50. The number of hydrogen-bond donors (Lipinski definition) is 1. The molecule has 2 saturated carbocycles. The Labute approximate surface area is 107 Å². The van der Waals surface area contributed by atoms with E-state index in [0.717, 1.165) is 0 Å². The Balaban J connectivity index is 2.50. The van der Waals surface area contributed by atoms with E-state index >= 15 is 0 Å². The van der Waals surface area contributed by atoms with Crippen molar-refractivity contribution in [2.45, 2.75) is 56.9 Å². The molecule has 0 aliphatic heterocycles. The van der Waals surface area contributed by atoms with E-state index in [-0.39, 0.29) is 16.9 Å². The molecular formula is C13H19ClO3. The number of alkyl halides is 1. The Morgan fingerprint density at radius 2 is 2.18 bits per heavy atom. The van der Waals surface area contributed by atoms with Crippen molar-refractivity contribution in [3.05, 3.63) is 0 Å². The van der Waals surface area contributed by atoms with Gasteiger partial charge in [0.2, 0.25) is 0 Å². The van der Waals surface area contributed by atoms with Gasteiger partial charge in [0.15, 0.2) is 0 Å². The topological polar surface area (TPSA) is 54.4 Å². The van der Waals surface area contributed by atoms with E-state index in [0.29, 0.717) is 32.1 Å². The molecule has 0 spiro atoms. The maximum absolute atomic E-state index is 12.1. The zero-order valence-corrected chi connectivity index (χ0v) is 11.1. The van der Waals surface area contributed by atoms with Crippen LogP contribution in [0.2, 0.25) is 0 Å². The molecule has 0 aromatic heterocycles. The number of aliphatic hydroxyl groups is 1. The first-order valence-electron chi connectivity index (χ1n) is 6.29. The minimum absolute atomic E-state index is 0.0975. The zero-order valence-electron chi connectivity index (χ0n) is 10.3. The lowest BCUT2D eigenvalue weighted by Crippen LogP contribution is -2.60. The lowest BCUT2D eigenvalue weighted by molar-refractivity contribution is -0.163. The average molecular weight is 259 g/mol. The fourth-order valence-electron chi connectivity index (χ4n) is 3.95. The van der Waals surface area contributed by atoms with Crippen LogP contribution < -0.4 is 0 Å². The quantitative estimate of drug-likeness (QED) is 0.772. The molecule has 0 heterocycles. The molecule has 2 rings (SSSR count). The van der Waals surface area contributed by atoms with E-state index in [4.69, 9.17) is 11.6 Å². The van der Waals surface area contributed by atoms with Crippen LogP contribution in [0.25, 0.3) is 0 Å². The van der Waals surface area contributed by atoms with E-state index in [1.165, 1.54) is 6.92 Å². The van der Waals surface area contributed by atoms with Gasteiger partial charge in [0.05, 0.1) is 16.9 Å². The number of rotatable bonds is 2. The summed E-state index contributed by atoms with van der Waals surface area (Å²) in [5.41, 5.74) is -1.94. The molecule has 0 bridgehead atoms. The van der Waals surface area contributed by atoms with Crippen LogP contribution >= 0.6 is 11.6 Å². The Hall–Kier alpha value is -0.410. The second-order valence-corrected chi connectivity index (χ2v) is 5.99. The highest BCUT2D eigenvalue weighted by Crippen LogP contribution is 2.58. The fraction of sp³-hybridized carbons (Fsp3) is 0.846. The SMILES string of the molecule is CC[C@]12CC[C@@H](Cl)[C@H](C(C)=O)[C@@]1(O)CCC2=O. The standard InChI is InChI=1S/C13H19ClO3/c1-3-12-6-4-9(14)11(8(2)15)13(12,17)7-5-10(12)16/h9,11,17H,3-7H2,1-2H3/t9-,11+,12-,13+/m1/s1. The van der Waals surface area contributed by atoms with Gasteiger partial charge in [-0.1, -0.05) is 6.92 Å². The van der Waals surface area contributed by atoms with Gasteiger partial charge in [-0.2, -0.15) is 0 Å². The van der Waals surface area contributed by atoms with Gasteiger partial charge in [0.25, 0.3) is 0 Å². The third-order valence-corrected chi connectivity index (χ3v) is 5.33. The predicted octanol–water partition coefficient (Wildman–Crippen LogP) is 2.08. The summed E-state index contributed by atoms with van der Waals surface area (Å²) >= 11 is 6.21. The van der Waals surface area contributed by atoms with Crippen molar-refractivity contribution in [3.63, 3.8) is 0 Å². The molecule has 0 saturated heterocycles. The molecule has 0 unspecified atom stereocenters. The Morgan fingerprint density at radius 3 is 2.71 bits per heavy atom. The van der Waals surface area contributed by atoms with Crippen LogP contribution in [0.4, 0.5) is 0 Å². The second-order valence-electron chi connectivity index (χ2n) is 5.43. The van der Waals surface area contributed by atoms with Gasteiger partial charge in [0.1, 0.15) is 11.6 Å². The molecule has 2 aliphatic carbocycles. The number of carbonyl (C=O) groups excluding carboxylic acids is 2. The van der Waals surface area contributed by atoms with Crippen molar-refractivity contribution in [1.29, 1.82) is 0 Å². The normalized spacial score (nSPS) is 45.8. The minimum Gasteiger partial charge on any atom is -0.388 e. The predicted molar refractivity (Wildman–Crippen MR) is 65.0 cm³/mol. The van der Waals surface area contributed by atoms with E-state index in [2.05, 4.69) is 0 Å². The summed E-state index contributed by atoms with van der Waals surface area (Å²) < 4.78 is 0. The van der Waals surface area contributed by atoms with Crippen molar-refractivity contribution >= 4 is 23.2 Å². The van der Waals surface area contributed by atoms with Crippen LogP contribution in [-0.4, -0.2) is 27.7 Å². The molecular weight excluding hydrogens is 240 g/mol. The highest BCUT2D eigenvalue weighted by atomic mass is 35.5. The molecule has 96 valence electrons. The summed E-state index contributed by atoms with van der Waals surface area (Å²) in [4.78, 5) is 23.9. The van der Waals surface area contributed by atoms with Crippen LogP contribution in [0.1, 0.15) is 46.0 Å². The van der Waals surface area contributed by atoms with Crippen molar-refractivity contribution in [3.8, 4) is 0 Å². The largest absolute Gasteiger partial charge is 0.388 e. The van der Waals surface area contributed by atoms with E-state index in [1.807, 2.05) is 6.92 Å². The van der Waals surface area contributed by atoms with Crippen LogP contribution in [0.15, 0.2) is 0 Å². The van der Waals surface area contributed by atoms with Gasteiger partial charge in [-0.25, -0.2) is 0 Å². The number of hydrogen-bond acceptors (Lipinski definition) is 3. The summed E-state index contributed by atoms with van der Waals surface area (Å²) in [6, 6.07) is 0. The summed E-state index contributed by atoms with van der Waals surface area (Å²) in [7, 11) is 0. The molecule has 1 N–H and O–H groups in total. The number of halogens is 1. The lowest BCUT2D eigenvalue weighted by atomic mass is 9.57. The Morgan fingerprint density at radius 1 is 1.53 bits per heavy atom. The number of carbonyl (C=O) groups is 2. The van der Waals surface area contributed by atoms with E-state index in [1.54, 1.807) is 0 Å². The first-order chi connectivity index (χ1) is 7.89. The van der Waals surface area contributed by atoms with Gasteiger partial charge in [-0.15, -0.1) is 11.6 Å². The molecule has 4 atom stereocenters. The molecule has 0 radical (unpaired) electrons. The smallest absolute Gasteiger partial charge is 0.142 e. The average Bonchev–Trinajstić information content (AvgIpc) is 2.51. The Kier molecular flexibility index (Phi) is 3.11. The van der Waals surface area contributed by atoms with Crippen LogP contribution in [0, 0.1) is 11.3 Å². The first-order valence-corrected chi connectivity index (χ1v) is 6.73. The van der Waals surface area contributed by atoms with Crippen LogP contribution in [0.3, 0.4) is 0 Å². The maximum atomic E-state index is 12.1. The third kappa shape index (κ3) is 1.52. The monoisotopic (exact) mass is 258 g/mol. The molecule has 0 aromatic rings. The molecule has 0 amide bonds. The number of fused-ring (bicyclic) bond motifs is 1. The number of ketones is 2. The highest BCUT2D eigenvalue weighted by Gasteiger charge is 2.66. The fourth-order valence-corrected chi connectivity index (χ4v) is 4.45. The summed E-state index contributed by atoms with van der Waals surface area (Å²) in [5, 5.41) is 10.6. The first kappa shape index (κ1) is 13.0. The molecule has 3 nitrogen and oxygen atoms in total. The Bertz CT molecular complexity index is 368. The van der Waals surface area contributed by atoms with Crippen molar-refractivity contribution in [2.75, 3.05) is 0 Å². The molecule has 0 aromatic carbocycles. The van der Waals surface area contributed by atoms with Gasteiger partial charge >= 0.3 is 0 Å². The molecule has 4 heteroatoms. The summed E-state index contributed by atoms with van der Waals surface area (Å²) in [6.07, 6.45) is 2.59. The summed E-state index contributed by atoms with van der Waals surface area (Å²) in [6.45, 7) is 3.38. The maximum Gasteiger partial charge on any atom is 0.142 e. The van der Waals surface area contributed by atoms with Crippen molar-refractivity contribution in [1.82, 2.24) is 0 Å². The zero-order chi connectivity index (χ0) is 12.8. The summed E-state index contributed by atoms with van der Waals surface area (Å²) in [5.74, 6) is -0.582. The van der Waals surface area contributed by atoms with Gasteiger partial charge < -0.3 is 5.11 Å². The molecule has 17 heavy (non-hydrogen) atoms. The van der Waals surface area contributed by atoms with E-state index in [9.17, 15) is 14.7 Å². The minimum atomic E-state index is -1.21. The molecule has 2 fully saturated rings. The second kappa shape index (κ2) is 4.06. The van der Waals surface area contributed by atoms with Gasteiger partial charge in [-0.3, -0.25) is 9.59 Å². The van der Waals surface area contributed by atoms with Crippen molar-refractivity contribution in [2.24, 2.45) is 11.3 Å². The van der Waals surface area contributed by atoms with Crippen LogP contribution in [0.5, 0.6) is 0 Å². The third-order valence-electron chi connectivity index (χ3n) is 4.86.